The highest BCUT2D eigenvalue weighted by atomic mass is 16.6. The molecule has 0 fully saturated rings. The van der Waals surface area contributed by atoms with Crippen molar-refractivity contribution >= 4 is 29.1 Å². The summed E-state index contributed by atoms with van der Waals surface area (Å²) in [5.41, 5.74) is 7.72. The minimum absolute atomic E-state index is 0.141. The largest absolute Gasteiger partial charge is 0.504 e. The first-order valence-electron chi connectivity index (χ1n) is 10.7. The summed E-state index contributed by atoms with van der Waals surface area (Å²) in [6.07, 6.45) is 0.0917. The lowest BCUT2D eigenvalue weighted by molar-refractivity contribution is -0.112. The van der Waals surface area contributed by atoms with Gasteiger partial charge in [-0.05, 0) is 48.0 Å². The van der Waals surface area contributed by atoms with E-state index < -0.39 is 24.2 Å². The van der Waals surface area contributed by atoms with Crippen molar-refractivity contribution < 1.29 is 28.9 Å². The number of hydrogen-bond acceptors (Lipinski definition) is 7. The fraction of sp³-hybridized carbons (Fsp3) is 0.154. The number of rotatable bonds is 9. The number of aromatic hydroxyl groups is 1. The summed E-state index contributed by atoms with van der Waals surface area (Å²) in [6.45, 7) is 0. The van der Waals surface area contributed by atoms with E-state index in [0.717, 1.165) is 0 Å². The van der Waals surface area contributed by atoms with Crippen LogP contribution in [0, 0.1) is 0 Å². The van der Waals surface area contributed by atoms with Crippen LogP contribution in [0.4, 0.5) is 21.9 Å². The molecule has 0 aliphatic rings. The van der Waals surface area contributed by atoms with Gasteiger partial charge in [-0.2, -0.15) is 0 Å². The molecule has 0 aliphatic heterocycles. The Morgan fingerprint density at radius 2 is 1.69 bits per heavy atom. The summed E-state index contributed by atoms with van der Waals surface area (Å²) in [7, 11) is 2.84. The van der Waals surface area contributed by atoms with E-state index in [-0.39, 0.29) is 11.5 Å². The zero-order chi connectivity index (χ0) is 25.2. The maximum Gasteiger partial charge on any atom is 0.412 e. The monoisotopic (exact) mass is 477 g/mol. The highest BCUT2D eigenvalue weighted by Gasteiger charge is 2.27. The van der Waals surface area contributed by atoms with Gasteiger partial charge in [-0.3, -0.25) is 10.1 Å². The van der Waals surface area contributed by atoms with E-state index >= 15 is 0 Å². The second-order valence-corrected chi connectivity index (χ2v) is 7.38. The minimum atomic E-state index is -1.01. The summed E-state index contributed by atoms with van der Waals surface area (Å²) in [5, 5.41) is 15.6. The van der Waals surface area contributed by atoms with Crippen LogP contribution in [0.15, 0.2) is 84.9 Å². The molecule has 3 aromatic carbocycles. The third kappa shape index (κ3) is 6.99. The number of phenolic OH excluding ortho intramolecular Hbond substituents is 1. The molecule has 9 nitrogen and oxygen atoms in total. The Kier molecular flexibility index (Phi) is 8.69. The Morgan fingerprint density at radius 3 is 2.34 bits per heavy atom. The average Bonchev–Trinajstić information content (AvgIpc) is 2.85. The maximum atomic E-state index is 12.6. The molecule has 2 atom stereocenters. The van der Waals surface area contributed by atoms with Gasteiger partial charge >= 0.3 is 6.09 Å². The van der Waals surface area contributed by atoms with Crippen LogP contribution in [0.1, 0.15) is 11.7 Å². The predicted molar refractivity (Wildman–Crippen MR) is 133 cm³/mol. The normalized spacial score (nSPS) is 12.5. The van der Waals surface area contributed by atoms with Crippen molar-refractivity contribution in [1.29, 1.82) is 0 Å². The van der Waals surface area contributed by atoms with Gasteiger partial charge in [0.1, 0.15) is 6.10 Å². The molecule has 0 bridgehead atoms. The predicted octanol–water partition coefficient (Wildman–Crippen LogP) is 4.48. The van der Waals surface area contributed by atoms with Crippen molar-refractivity contribution in [2.75, 3.05) is 30.6 Å². The molecular formula is C26H27N3O6. The van der Waals surface area contributed by atoms with Crippen molar-refractivity contribution in [3.63, 3.8) is 0 Å². The summed E-state index contributed by atoms with van der Waals surface area (Å²) < 4.78 is 16.3. The molecule has 0 aromatic heterocycles. The van der Waals surface area contributed by atoms with Crippen LogP contribution >= 0.6 is 0 Å². The number of para-hydroxylation sites is 3. The van der Waals surface area contributed by atoms with Crippen LogP contribution in [0.25, 0.3) is 0 Å². The second-order valence-electron chi connectivity index (χ2n) is 7.38. The molecule has 0 radical (unpaired) electrons. The number of carbonyl (C=O) groups excluding carboxylic acids is 2. The highest BCUT2D eigenvalue weighted by molar-refractivity contribution is 6.01. The molecular weight excluding hydrogens is 450 g/mol. The van der Waals surface area contributed by atoms with Gasteiger partial charge in [0.2, 0.25) is 5.91 Å². The van der Waals surface area contributed by atoms with Crippen molar-refractivity contribution in [3.8, 4) is 11.5 Å². The first-order valence-corrected chi connectivity index (χ1v) is 10.7. The number of carbonyl (C=O) groups is 2. The quantitative estimate of drug-likeness (QED) is 0.264. The first kappa shape index (κ1) is 25.1. The van der Waals surface area contributed by atoms with E-state index in [2.05, 4.69) is 10.6 Å². The number of benzene rings is 3. The molecule has 2 amide bonds. The van der Waals surface area contributed by atoms with Crippen molar-refractivity contribution in [2.24, 2.45) is 0 Å². The van der Waals surface area contributed by atoms with E-state index in [9.17, 15) is 14.7 Å². The van der Waals surface area contributed by atoms with E-state index in [0.29, 0.717) is 22.6 Å². The fourth-order valence-corrected chi connectivity index (χ4v) is 3.26. The summed E-state index contributed by atoms with van der Waals surface area (Å²) in [6, 6.07) is 20.2. The van der Waals surface area contributed by atoms with E-state index in [1.807, 2.05) is 6.07 Å². The van der Waals surface area contributed by atoms with Gasteiger partial charge in [-0.1, -0.05) is 36.4 Å². The molecule has 0 saturated carbocycles. The molecule has 0 unspecified atom stereocenters. The summed E-state index contributed by atoms with van der Waals surface area (Å²) >= 11 is 0. The molecule has 0 saturated heterocycles. The third-order valence-corrected chi connectivity index (χ3v) is 5.01. The van der Waals surface area contributed by atoms with Crippen LogP contribution < -0.4 is 21.1 Å². The average molecular weight is 478 g/mol. The number of nitrogen functional groups attached to an aromatic ring is 1. The molecule has 9 heteroatoms. The number of ether oxygens (including phenoxy) is 3. The Morgan fingerprint density at radius 1 is 0.971 bits per heavy atom. The van der Waals surface area contributed by atoms with Gasteiger partial charge in [-0.25, -0.2) is 4.79 Å². The topological polar surface area (TPSA) is 132 Å². The molecule has 35 heavy (non-hydrogen) atoms. The lowest BCUT2D eigenvalue weighted by Gasteiger charge is -2.25. The molecule has 182 valence electrons. The highest BCUT2D eigenvalue weighted by Crippen LogP contribution is 2.33. The number of methoxy groups -OCH3 is 2. The lowest BCUT2D eigenvalue weighted by atomic mass is 10.0. The second kappa shape index (κ2) is 12.1. The van der Waals surface area contributed by atoms with Crippen LogP contribution in [0.5, 0.6) is 11.5 Å². The van der Waals surface area contributed by atoms with Crippen LogP contribution in [0.3, 0.4) is 0 Å². The number of hydrogen-bond donors (Lipinski definition) is 4. The first-order chi connectivity index (χ1) is 16.9. The molecule has 0 aliphatic carbocycles. The number of nitrogens with two attached hydrogens (primary N) is 1. The number of nitrogens with one attached hydrogen (secondary N) is 2. The fourth-order valence-electron chi connectivity index (χ4n) is 3.26. The SMILES string of the molecule is COc1ccc([C@@H](OC(=O)Nc2ccccc2)[C@@H](/C=C/C(=O)Nc2ccccc2N)OC)cc1O. The molecule has 0 heterocycles. The van der Waals surface area contributed by atoms with Crippen LogP contribution in [-0.2, 0) is 14.3 Å². The molecule has 3 rings (SSSR count). The number of amides is 2. The molecule has 5 N–H and O–H groups in total. The Hall–Kier alpha value is -4.50. The number of anilines is 3. The molecule has 3 aromatic rings. The van der Waals surface area contributed by atoms with Gasteiger partial charge in [0, 0.05) is 18.9 Å². The zero-order valence-corrected chi connectivity index (χ0v) is 19.3. The van der Waals surface area contributed by atoms with Gasteiger partial charge in [0.15, 0.2) is 17.6 Å². The van der Waals surface area contributed by atoms with Gasteiger partial charge in [-0.15, -0.1) is 0 Å². The van der Waals surface area contributed by atoms with Crippen LogP contribution in [-0.4, -0.2) is 37.4 Å². The lowest BCUT2D eigenvalue weighted by Crippen LogP contribution is -2.27. The zero-order valence-electron chi connectivity index (χ0n) is 19.3. The Bertz CT molecular complexity index is 1180. The minimum Gasteiger partial charge on any atom is -0.504 e. The maximum absolute atomic E-state index is 12.6. The summed E-state index contributed by atoms with van der Waals surface area (Å²) in [4.78, 5) is 25.1. The third-order valence-electron chi connectivity index (χ3n) is 5.01. The van der Waals surface area contributed by atoms with Crippen molar-refractivity contribution in [3.05, 3.63) is 90.5 Å². The smallest absolute Gasteiger partial charge is 0.412 e. The van der Waals surface area contributed by atoms with E-state index in [4.69, 9.17) is 19.9 Å². The van der Waals surface area contributed by atoms with Gasteiger partial charge < -0.3 is 30.4 Å². The summed E-state index contributed by atoms with van der Waals surface area (Å²) in [5.74, 6) is -0.334. The standard InChI is InChI=1S/C26H27N3O6/c1-33-22-13-12-17(16-21(22)30)25(35-26(32)28-18-8-4-3-5-9-18)23(34-2)14-15-24(31)29-20-11-7-6-10-19(20)27/h3-16,23,25,30H,27H2,1-2H3,(H,28,32)(H,29,31)/b15-14+/t23-,25-/m1/s1. The Balaban J connectivity index is 1.83. The van der Waals surface area contributed by atoms with Crippen LogP contribution in [0.2, 0.25) is 0 Å². The van der Waals surface area contributed by atoms with Gasteiger partial charge in [0.25, 0.3) is 0 Å². The van der Waals surface area contributed by atoms with Crippen molar-refractivity contribution in [1.82, 2.24) is 0 Å². The Labute approximate surface area is 203 Å². The van der Waals surface area contributed by atoms with Gasteiger partial charge in [0.05, 0.1) is 18.5 Å². The van der Waals surface area contributed by atoms with E-state index in [1.165, 1.54) is 38.5 Å². The molecule has 0 spiro atoms. The number of phenols is 1. The van der Waals surface area contributed by atoms with E-state index in [1.54, 1.807) is 54.6 Å². The van der Waals surface area contributed by atoms with Crippen molar-refractivity contribution in [2.45, 2.75) is 12.2 Å².